The van der Waals surface area contributed by atoms with Crippen molar-refractivity contribution in [3.63, 3.8) is 0 Å². The number of hydrogen-bond acceptors (Lipinski definition) is 5. The van der Waals surface area contributed by atoms with Gasteiger partial charge in [-0.25, -0.2) is 0 Å². The summed E-state index contributed by atoms with van der Waals surface area (Å²) in [6.07, 6.45) is 0. The number of furan rings is 1. The van der Waals surface area contributed by atoms with Crippen molar-refractivity contribution in [2.75, 3.05) is 46.3 Å². The van der Waals surface area contributed by atoms with Crippen molar-refractivity contribution < 1.29 is 18.8 Å². The number of amides is 3. The summed E-state index contributed by atoms with van der Waals surface area (Å²) in [7, 11) is 1.60. The summed E-state index contributed by atoms with van der Waals surface area (Å²) in [6.45, 7) is 2.61. The molecule has 2 N–H and O–H groups in total. The SMILES string of the molecule is CNC(=O)CN1CCN(C(=O)CNC(=O)c2ccc(Br)o2)CC1. The lowest BCUT2D eigenvalue weighted by Crippen LogP contribution is -2.52. The molecule has 0 spiro atoms. The Labute approximate surface area is 142 Å². The fourth-order valence-corrected chi connectivity index (χ4v) is 2.54. The van der Waals surface area contributed by atoms with Crippen LogP contribution in [0.5, 0.6) is 0 Å². The first-order valence-corrected chi connectivity index (χ1v) is 8.03. The molecule has 1 saturated heterocycles. The third-order valence-electron chi connectivity index (χ3n) is 3.57. The van der Waals surface area contributed by atoms with Crippen molar-refractivity contribution in [1.82, 2.24) is 20.4 Å². The van der Waals surface area contributed by atoms with Crippen molar-refractivity contribution in [3.05, 3.63) is 22.6 Å². The van der Waals surface area contributed by atoms with Gasteiger partial charge in [-0.1, -0.05) is 0 Å². The molecule has 3 amide bonds. The average molecular weight is 387 g/mol. The molecule has 1 aromatic heterocycles. The van der Waals surface area contributed by atoms with Gasteiger partial charge in [-0.3, -0.25) is 19.3 Å². The molecule has 126 valence electrons. The minimum Gasteiger partial charge on any atom is -0.444 e. The first-order valence-electron chi connectivity index (χ1n) is 7.24. The Morgan fingerprint density at radius 2 is 1.91 bits per heavy atom. The number of nitrogens with one attached hydrogen (secondary N) is 2. The average Bonchev–Trinajstić information content (AvgIpc) is 2.99. The molecule has 8 nitrogen and oxygen atoms in total. The normalized spacial score (nSPS) is 15.3. The van der Waals surface area contributed by atoms with E-state index in [9.17, 15) is 14.4 Å². The molecule has 0 unspecified atom stereocenters. The molecular weight excluding hydrogens is 368 g/mol. The largest absolute Gasteiger partial charge is 0.444 e. The van der Waals surface area contributed by atoms with E-state index >= 15 is 0 Å². The molecule has 2 heterocycles. The highest BCUT2D eigenvalue weighted by atomic mass is 79.9. The lowest BCUT2D eigenvalue weighted by Gasteiger charge is -2.34. The third kappa shape index (κ3) is 5.07. The molecule has 0 saturated carbocycles. The van der Waals surface area contributed by atoms with E-state index in [1.165, 1.54) is 6.07 Å². The standard InChI is InChI=1S/C14H19BrN4O4/c1-16-12(20)9-18-4-6-19(7-5-18)13(21)8-17-14(22)10-2-3-11(15)23-10/h2-3H,4-9H2,1H3,(H,16,20)(H,17,22). The highest BCUT2D eigenvalue weighted by Gasteiger charge is 2.22. The van der Waals surface area contributed by atoms with Gasteiger partial charge < -0.3 is 20.0 Å². The summed E-state index contributed by atoms with van der Waals surface area (Å²) >= 11 is 3.12. The minimum atomic E-state index is -0.428. The number of piperazine rings is 1. The molecule has 1 fully saturated rings. The first-order chi connectivity index (χ1) is 11.0. The van der Waals surface area contributed by atoms with Crippen molar-refractivity contribution in [3.8, 4) is 0 Å². The Morgan fingerprint density at radius 3 is 2.48 bits per heavy atom. The van der Waals surface area contributed by atoms with Gasteiger partial charge in [0.05, 0.1) is 13.1 Å². The van der Waals surface area contributed by atoms with Crippen LogP contribution in [0.1, 0.15) is 10.6 Å². The van der Waals surface area contributed by atoms with Crippen LogP contribution in [-0.2, 0) is 9.59 Å². The van der Waals surface area contributed by atoms with E-state index in [1.54, 1.807) is 18.0 Å². The predicted octanol–water partition coefficient (Wildman–Crippen LogP) is -0.338. The molecule has 2 rings (SSSR count). The molecule has 1 aromatic rings. The number of nitrogens with zero attached hydrogens (tertiary/aromatic N) is 2. The lowest BCUT2D eigenvalue weighted by molar-refractivity contribution is -0.132. The van der Waals surface area contributed by atoms with Gasteiger partial charge in [-0.05, 0) is 28.1 Å². The minimum absolute atomic E-state index is 0.0401. The van der Waals surface area contributed by atoms with Gasteiger partial charge in [-0.2, -0.15) is 0 Å². The maximum absolute atomic E-state index is 12.1. The van der Waals surface area contributed by atoms with E-state index in [0.29, 0.717) is 37.4 Å². The predicted molar refractivity (Wildman–Crippen MR) is 85.8 cm³/mol. The van der Waals surface area contributed by atoms with Gasteiger partial charge in [0.25, 0.3) is 5.91 Å². The van der Waals surface area contributed by atoms with Crippen LogP contribution in [0.3, 0.4) is 0 Å². The highest BCUT2D eigenvalue weighted by molar-refractivity contribution is 9.10. The fraction of sp³-hybridized carbons (Fsp3) is 0.500. The monoisotopic (exact) mass is 386 g/mol. The summed E-state index contributed by atoms with van der Waals surface area (Å²) < 4.78 is 5.58. The molecule has 23 heavy (non-hydrogen) atoms. The van der Waals surface area contributed by atoms with Crippen molar-refractivity contribution in [2.45, 2.75) is 0 Å². The summed E-state index contributed by atoms with van der Waals surface area (Å²) in [5.74, 6) is -0.465. The van der Waals surface area contributed by atoms with Gasteiger partial charge in [0.1, 0.15) is 0 Å². The topological polar surface area (TPSA) is 94.9 Å². The molecule has 0 atom stereocenters. The van der Waals surface area contributed by atoms with Crippen LogP contribution in [0.4, 0.5) is 0 Å². The van der Waals surface area contributed by atoms with Gasteiger partial charge in [-0.15, -0.1) is 0 Å². The van der Waals surface area contributed by atoms with Crippen LogP contribution in [0.25, 0.3) is 0 Å². The second-order valence-corrected chi connectivity index (χ2v) is 5.90. The Morgan fingerprint density at radius 1 is 1.22 bits per heavy atom. The number of likely N-dealkylation sites (N-methyl/N-ethyl adjacent to an activating group) is 1. The number of carbonyl (C=O) groups is 3. The zero-order chi connectivity index (χ0) is 16.8. The highest BCUT2D eigenvalue weighted by Crippen LogP contribution is 2.13. The van der Waals surface area contributed by atoms with E-state index in [0.717, 1.165) is 0 Å². The molecule has 0 radical (unpaired) electrons. The van der Waals surface area contributed by atoms with Crippen LogP contribution in [-0.4, -0.2) is 73.8 Å². The molecule has 9 heteroatoms. The zero-order valence-corrected chi connectivity index (χ0v) is 14.4. The van der Waals surface area contributed by atoms with E-state index < -0.39 is 5.91 Å². The van der Waals surface area contributed by atoms with Crippen molar-refractivity contribution >= 4 is 33.7 Å². The van der Waals surface area contributed by atoms with Gasteiger partial charge >= 0.3 is 0 Å². The third-order valence-corrected chi connectivity index (χ3v) is 3.99. The van der Waals surface area contributed by atoms with Crippen molar-refractivity contribution in [2.24, 2.45) is 0 Å². The van der Waals surface area contributed by atoms with Gasteiger partial charge in [0.15, 0.2) is 10.4 Å². The summed E-state index contributed by atoms with van der Waals surface area (Å²) in [6, 6.07) is 3.14. The lowest BCUT2D eigenvalue weighted by atomic mass is 10.3. The second kappa shape index (κ2) is 8.11. The Bertz CT molecular complexity index is 581. The summed E-state index contributed by atoms with van der Waals surface area (Å²) in [5, 5.41) is 5.11. The van der Waals surface area contributed by atoms with Gasteiger partial charge in [0, 0.05) is 33.2 Å². The van der Waals surface area contributed by atoms with Crippen LogP contribution < -0.4 is 10.6 Å². The van der Waals surface area contributed by atoms with Crippen molar-refractivity contribution in [1.29, 1.82) is 0 Å². The first kappa shape index (κ1) is 17.5. The van der Waals surface area contributed by atoms with Crippen LogP contribution >= 0.6 is 15.9 Å². The molecule has 0 aliphatic carbocycles. The number of halogens is 1. The van der Waals surface area contributed by atoms with Crippen LogP contribution in [0.15, 0.2) is 21.2 Å². The molecule has 0 bridgehead atoms. The van der Waals surface area contributed by atoms with E-state index in [1.807, 2.05) is 4.90 Å². The van der Waals surface area contributed by atoms with Gasteiger partial charge in [0.2, 0.25) is 11.8 Å². The van der Waals surface area contributed by atoms with E-state index in [2.05, 4.69) is 26.6 Å². The fourth-order valence-electron chi connectivity index (χ4n) is 2.23. The number of carbonyl (C=O) groups excluding carboxylic acids is 3. The maximum Gasteiger partial charge on any atom is 0.287 e. The molecule has 1 aliphatic rings. The Balaban J connectivity index is 1.73. The quantitative estimate of drug-likeness (QED) is 0.721. The zero-order valence-electron chi connectivity index (χ0n) is 12.8. The molecular formula is C14H19BrN4O4. The maximum atomic E-state index is 12.1. The van der Waals surface area contributed by atoms with Crippen LogP contribution in [0.2, 0.25) is 0 Å². The number of rotatable bonds is 5. The van der Waals surface area contributed by atoms with Crippen LogP contribution in [0, 0.1) is 0 Å². The second-order valence-electron chi connectivity index (χ2n) is 5.12. The van der Waals surface area contributed by atoms with E-state index in [4.69, 9.17) is 4.42 Å². The molecule has 1 aliphatic heterocycles. The Hall–Kier alpha value is -1.87. The smallest absolute Gasteiger partial charge is 0.287 e. The summed E-state index contributed by atoms with van der Waals surface area (Å²) in [4.78, 5) is 38.9. The Kier molecular flexibility index (Phi) is 6.17. The summed E-state index contributed by atoms with van der Waals surface area (Å²) in [5.41, 5.74) is 0. The van der Waals surface area contributed by atoms with E-state index in [-0.39, 0.29) is 24.1 Å². The number of hydrogen-bond donors (Lipinski definition) is 2. The molecule has 0 aromatic carbocycles.